The van der Waals surface area contributed by atoms with Gasteiger partial charge in [0, 0.05) is 11.6 Å². The normalized spacial score (nSPS) is 14.9. The number of nitrogens with zero attached hydrogens (tertiary/aromatic N) is 3. The molecule has 1 saturated heterocycles. The van der Waals surface area contributed by atoms with Crippen LogP contribution >= 0.6 is 11.6 Å². The lowest BCUT2D eigenvalue weighted by Gasteiger charge is -2.25. The van der Waals surface area contributed by atoms with Gasteiger partial charge in [-0.3, -0.25) is 9.59 Å². The number of anilines is 1. The topological polar surface area (TPSA) is 103 Å². The minimum Gasteiger partial charge on any atom is -0.491 e. The molecule has 1 fully saturated rings. The number of nitrogens with one attached hydrogen (secondary N) is 1. The zero-order valence-corrected chi connectivity index (χ0v) is 28.5. The lowest BCUT2D eigenvalue weighted by atomic mass is 10.1. The number of amides is 3. The molecule has 0 spiro atoms. The molecule has 1 aliphatic heterocycles. The van der Waals surface area contributed by atoms with Crippen LogP contribution in [0.15, 0.2) is 42.5 Å². The van der Waals surface area contributed by atoms with Crippen molar-refractivity contribution in [2.45, 2.75) is 123 Å². The summed E-state index contributed by atoms with van der Waals surface area (Å²) >= 11 is 6.33. The third-order valence-electron chi connectivity index (χ3n) is 8.48. The number of hydrogen-bond acceptors (Lipinski definition) is 6. The van der Waals surface area contributed by atoms with E-state index in [2.05, 4.69) is 12.2 Å². The van der Waals surface area contributed by atoms with Crippen LogP contribution in [0.1, 0.15) is 117 Å². The van der Waals surface area contributed by atoms with E-state index < -0.39 is 29.6 Å². The first-order chi connectivity index (χ1) is 22.2. The van der Waals surface area contributed by atoms with Gasteiger partial charge < -0.3 is 19.4 Å². The summed E-state index contributed by atoms with van der Waals surface area (Å²) in [6.45, 7) is 8.12. The number of ether oxygens (including phenoxy) is 2. The summed E-state index contributed by atoms with van der Waals surface area (Å²) in [6.07, 6.45) is 14.1. The number of rotatable bonds is 19. The number of aromatic nitrogens is 2. The molecule has 0 bridgehead atoms. The minimum absolute atomic E-state index is 0.255. The predicted octanol–water partition coefficient (Wildman–Crippen LogP) is 9.23. The summed E-state index contributed by atoms with van der Waals surface area (Å²) in [4.78, 5) is 46.2. The Labute approximate surface area is 278 Å². The molecule has 0 radical (unpaired) electrons. The van der Waals surface area contributed by atoms with Crippen molar-refractivity contribution >= 4 is 46.2 Å². The maximum absolute atomic E-state index is 14.1. The van der Waals surface area contributed by atoms with Gasteiger partial charge in [-0.05, 0) is 57.5 Å². The van der Waals surface area contributed by atoms with E-state index in [9.17, 15) is 14.4 Å². The summed E-state index contributed by atoms with van der Waals surface area (Å²) in [6, 6.07) is 11.1. The third-order valence-corrected chi connectivity index (χ3v) is 8.71. The fourth-order valence-electron chi connectivity index (χ4n) is 5.94. The van der Waals surface area contributed by atoms with Crippen LogP contribution in [0.3, 0.4) is 0 Å². The Hall–Kier alpha value is -3.59. The van der Waals surface area contributed by atoms with Crippen molar-refractivity contribution in [3.63, 3.8) is 0 Å². The second kappa shape index (κ2) is 16.8. The van der Waals surface area contributed by atoms with E-state index in [1.54, 1.807) is 18.2 Å². The molecular weight excluding hydrogens is 604 g/mol. The van der Waals surface area contributed by atoms with Crippen LogP contribution in [0.4, 0.5) is 10.5 Å². The molecule has 1 aliphatic rings. The van der Waals surface area contributed by atoms with Crippen molar-refractivity contribution in [2.75, 3.05) is 11.9 Å². The Morgan fingerprint density at radius 1 is 0.935 bits per heavy atom. The molecule has 2 aromatic carbocycles. The Balaban J connectivity index is 1.42. The highest BCUT2D eigenvalue weighted by Gasteiger charge is 2.53. The SMILES string of the molecule is CCCCCCCCCCCCCCOc1ccc(Cl)cc1NC(=O)C(c1nc2ccccc2n1CC)N1C(=O)OC(C)(C)C1=O. The molecule has 1 aromatic heterocycles. The quantitative estimate of drug-likeness (QED) is 0.130. The van der Waals surface area contributed by atoms with Crippen LogP contribution in [0.2, 0.25) is 5.02 Å². The van der Waals surface area contributed by atoms with Gasteiger partial charge in [-0.1, -0.05) is 101 Å². The third kappa shape index (κ3) is 8.81. The fraction of sp³-hybridized carbons (Fsp3) is 0.556. The molecular formula is C36H49ClN4O5. The lowest BCUT2D eigenvalue weighted by molar-refractivity contribution is -0.139. The number of unbranched alkanes of at least 4 members (excludes halogenated alkanes) is 11. The van der Waals surface area contributed by atoms with E-state index in [-0.39, 0.29) is 5.82 Å². The molecule has 0 aliphatic carbocycles. The van der Waals surface area contributed by atoms with Gasteiger partial charge >= 0.3 is 6.09 Å². The maximum Gasteiger partial charge on any atom is 0.418 e. The van der Waals surface area contributed by atoms with E-state index in [0.29, 0.717) is 35.1 Å². The van der Waals surface area contributed by atoms with Gasteiger partial charge in [-0.2, -0.15) is 0 Å². The molecule has 2 heterocycles. The molecule has 3 aromatic rings. The Kier molecular flexibility index (Phi) is 12.9. The summed E-state index contributed by atoms with van der Waals surface area (Å²) in [5, 5.41) is 3.29. The summed E-state index contributed by atoms with van der Waals surface area (Å²) in [5.41, 5.74) is 0.355. The van der Waals surface area contributed by atoms with Crippen LogP contribution in [-0.2, 0) is 20.9 Å². The van der Waals surface area contributed by atoms with Crippen LogP contribution in [-0.4, -0.2) is 44.6 Å². The van der Waals surface area contributed by atoms with E-state index in [1.165, 1.54) is 78.1 Å². The highest BCUT2D eigenvalue weighted by Crippen LogP contribution is 2.36. The molecule has 1 unspecified atom stereocenters. The monoisotopic (exact) mass is 652 g/mol. The van der Waals surface area contributed by atoms with E-state index >= 15 is 0 Å². The number of imide groups is 1. The molecule has 1 N–H and O–H groups in total. The number of fused-ring (bicyclic) bond motifs is 1. The highest BCUT2D eigenvalue weighted by atomic mass is 35.5. The Morgan fingerprint density at radius 3 is 2.17 bits per heavy atom. The number of hydrogen-bond donors (Lipinski definition) is 1. The van der Waals surface area contributed by atoms with Crippen LogP contribution in [0.5, 0.6) is 5.75 Å². The fourth-order valence-corrected chi connectivity index (χ4v) is 6.12. The van der Waals surface area contributed by atoms with Crippen molar-refractivity contribution in [1.82, 2.24) is 14.5 Å². The Bertz CT molecular complexity index is 1490. The van der Waals surface area contributed by atoms with Crippen LogP contribution in [0.25, 0.3) is 11.0 Å². The number of halogens is 1. The number of para-hydroxylation sites is 2. The molecule has 1 atom stereocenters. The minimum atomic E-state index is -1.42. The first-order valence-electron chi connectivity index (χ1n) is 16.9. The van der Waals surface area contributed by atoms with Crippen molar-refractivity contribution in [2.24, 2.45) is 0 Å². The summed E-state index contributed by atoms with van der Waals surface area (Å²) in [7, 11) is 0. The first-order valence-corrected chi connectivity index (χ1v) is 17.3. The molecule has 10 heteroatoms. The smallest absolute Gasteiger partial charge is 0.418 e. The average Bonchev–Trinajstić information content (AvgIpc) is 3.49. The molecule has 46 heavy (non-hydrogen) atoms. The molecule has 250 valence electrons. The Morgan fingerprint density at radius 2 is 1.57 bits per heavy atom. The van der Waals surface area contributed by atoms with E-state index in [0.717, 1.165) is 23.3 Å². The van der Waals surface area contributed by atoms with Gasteiger partial charge in [0.2, 0.25) is 0 Å². The van der Waals surface area contributed by atoms with E-state index in [4.69, 9.17) is 26.1 Å². The van der Waals surface area contributed by atoms with Crippen molar-refractivity contribution in [3.8, 4) is 5.75 Å². The number of cyclic esters (lactones) is 1. The number of carbonyl (C=O) groups excluding carboxylic acids is 3. The molecule has 4 rings (SSSR count). The summed E-state index contributed by atoms with van der Waals surface area (Å²) < 4.78 is 13.3. The first kappa shape index (κ1) is 35.3. The van der Waals surface area contributed by atoms with Crippen molar-refractivity contribution in [1.29, 1.82) is 0 Å². The lowest BCUT2D eigenvalue weighted by Crippen LogP contribution is -2.44. The average molecular weight is 653 g/mol. The number of benzene rings is 2. The van der Waals surface area contributed by atoms with Gasteiger partial charge in [0.25, 0.3) is 11.8 Å². The van der Waals surface area contributed by atoms with Gasteiger partial charge in [-0.25, -0.2) is 14.7 Å². The number of aryl methyl sites for hydroxylation is 1. The van der Waals surface area contributed by atoms with Gasteiger partial charge in [-0.15, -0.1) is 0 Å². The van der Waals surface area contributed by atoms with Gasteiger partial charge in [0.05, 0.1) is 23.3 Å². The van der Waals surface area contributed by atoms with Crippen molar-refractivity contribution in [3.05, 3.63) is 53.3 Å². The predicted molar refractivity (Wildman–Crippen MR) is 182 cm³/mol. The molecule has 9 nitrogen and oxygen atoms in total. The van der Waals surface area contributed by atoms with E-state index in [1.807, 2.05) is 35.8 Å². The standard InChI is InChI=1S/C36H49ClN4O5/c1-5-7-8-9-10-11-12-13-14-15-16-19-24-45-30-23-22-26(37)25-28(30)39-33(42)31(41-34(43)36(3,4)46-35(41)44)32-38-27-20-17-18-21-29(27)40(32)6-2/h17-18,20-23,25,31H,5-16,19,24H2,1-4H3,(H,39,42). The zero-order valence-electron chi connectivity index (χ0n) is 27.8. The van der Waals surface area contributed by atoms with Crippen LogP contribution < -0.4 is 10.1 Å². The largest absolute Gasteiger partial charge is 0.491 e. The number of carbonyl (C=O) groups is 3. The van der Waals surface area contributed by atoms with Gasteiger partial charge in [0.1, 0.15) is 11.6 Å². The summed E-state index contributed by atoms with van der Waals surface area (Å²) in [5.74, 6) is -0.545. The van der Waals surface area contributed by atoms with Gasteiger partial charge in [0.15, 0.2) is 11.6 Å². The second-order valence-electron chi connectivity index (χ2n) is 12.5. The molecule has 0 saturated carbocycles. The van der Waals surface area contributed by atoms with Crippen LogP contribution in [0, 0.1) is 0 Å². The number of imidazole rings is 1. The molecule has 3 amide bonds. The second-order valence-corrected chi connectivity index (χ2v) is 13.0. The maximum atomic E-state index is 14.1. The highest BCUT2D eigenvalue weighted by molar-refractivity contribution is 6.31. The zero-order chi connectivity index (χ0) is 33.1. The van der Waals surface area contributed by atoms with Crippen molar-refractivity contribution < 1.29 is 23.9 Å².